The lowest BCUT2D eigenvalue weighted by Crippen LogP contribution is -2.28. The van der Waals surface area contributed by atoms with E-state index in [4.69, 9.17) is 9.47 Å². The first-order valence-corrected chi connectivity index (χ1v) is 10.1. The van der Waals surface area contributed by atoms with Gasteiger partial charge in [-0.15, -0.1) is 0 Å². The average molecular weight is 468 g/mol. The maximum atomic E-state index is 12.0. The van der Waals surface area contributed by atoms with Crippen LogP contribution in [0.3, 0.4) is 0 Å². The summed E-state index contributed by atoms with van der Waals surface area (Å²) >= 11 is 3.40. The molecule has 2 N–H and O–H groups in total. The Morgan fingerprint density at radius 1 is 1.03 bits per heavy atom. The van der Waals surface area contributed by atoms with Crippen LogP contribution in [0.1, 0.15) is 11.1 Å². The summed E-state index contributed by atoms with van der Waals surface area (Å²) in [5, 5.41) is 7.05. The molecule has 3 aromatic rings. The molecule has 0 radical (unpaired) electrons. The van der Waals surface area contributed by atoms with Crippen LogP contribution in [-0.4, -0.2) is 25.8 Å². The zero-order valence-corrected chi connectivity index (χ0v) is 18.1. The molecule has 0 aliphatic heterocycles. The van der Waals surface area contributed by atoms with Crippen molar-refractivity contribution in [2.24, 2.45) is 5.10 Å². The van der Waals surface area contributed by atoms with Gasteiger partial charge < -0.3 is 14.8 Å². The number of methoxy groups -OCH3 is 1. The number of carbonyl (C=O) groups excluding carboxylic acids is 1. The van der Waals surface area contributed by atoms with E-state index in [1.807, 2.05) is 60.7 Å². The van der Waals surface area contributed by atoms with Gasteiger partial charge in [0, 0.05) is 11.0 Å². The van der Waals surface area contributed by atoms with Gasteiger partial charge in [0.05, 0.1) is 19.0 Å². The third-order valence-electron chi connectivity index (χ3n) is 4.13. The van der Waals surface area contributed by atoms with Crippen LogP contribution in [0.15, 0.2) is 82.4 Å². The minimum atomic E-state index is -0.203. The van der Waals surface area contributed by atoms with Crippen LogP contribution in [0.2, 0.25) is 0 Å². The fraction of sp³-hybridized carbons (Fsp3) is 0.130. The van der Waals surface area contributed by atoms with Crippen LogP contribution in [0, 0.1) is 0 Å². The second-order valence-electron chi connectivity index (χ2n) is 6.34. The molecule has 0 aromatic heterocycles. The van der Waals surface area contributed by atoms with Gasteiger partial charge in [0.15, 0.2) is 18.1 Å². The van der Waals surface area contributed by atoms with E-state index in [0.29, 0.717) is 18.0 Å². The Labute approximate surface area is 184 Å². The van der Waals surface area contributed by atoms with E-state index in [1.165, 1.54) is 0 Å². The van der Waals surface area contributed by atoms with Crippen molar-refractivity contribution in [1.29, 1.82) is 0 Å². The second kappa shape index (κ2) is 11.0. The van der Waals surface area contributed by atoms with Gasteiger partial charge >= 0.3 is 0 Å². The number of hydrazone groups is 1. The molecule has 7 heteroatoms. The van der Waals surface area contributed by atoms with Gasteiger partial charge in [0.25, 0.3) is 5.91 Å². The molecule has 3 rings (SSSR count). The number of benzene rings is 3. The summed E-state index contributed by atoms with van der Waals surface area (Å²) in [5.41, 5.74) is 5.70. The molecule has 0 aliphatic rings. The molecular weight excluding hydrogens is 446 g/mol. The molecule has 154 valence electrons. The number of amides is 1. The van der Waals surface area contributed by atoms with E-state index in [-0.39, 0.29) is 12.5 Å². The first-order valence-electron chi connectivity index (χ1n) is 9.30. The Kier molecular flexibility index (Phi) is 7.86. The Morgan fingerprint density at radius 3 is 2.53 bits per heavy atom. The quantitative estimate of drug-likeness (QED) is 0.356. The van der Waals surface area contributed by atoms with E-state index < -0.39 is 0 Å². The minimum absolute atomic E-state index is 0.0955. The van der Waals surface area contributed by atoms with Crippen molar-refractivity contribution >= 4 is 33.7 Å². The molecule has 1 amide bonds. The fourth-order valence-corrected chi connectivity index (χ4v) is 2.84. The number of nitrogens with zero attached hydrogens (tertiary/aromatic N) is 1. The SMILES string of the molecule is COc1cc(C=NNc2ccc(Br)cc2)ccc1OCC(=O)NCc1ccccc1. The highest BCUT2D eigenvalue weighted by Gasteiger charge is 2.08. The number of carbonyl (C=O) groups is 1. The molecule has 0 saturated heterocycles. The lowest BCUT2D eigenvalue weighted by molar-refractivity contribution is -0.123. The van der Waals surface area contributed by atoms with Crippen LogP contribution in [0.5, 0.6) is 11.5 Å². The fourth-order valence-electron chi connectivity index (χ4n) is 2.58. The molecule has 0 spiro atoms. The molecule has 3 aromatic carbocycles. The maximum absolute atomic E-state index is 12.0. The molecule has 0 fully saturated rings. The van der Waals surface area contributed by atoms with Crippen LogP contribution >= 0.6 is 15.9 Å². The molecule has 6 nitrogen and oxygen atoms in total. The lowest BCUT2D eigenvalue weighted by atomic mass is 10.2. The molecule has 0 heterocycles. The van der Waals surface area contributed by atoms with E-state index >= 15 is 0 Å². The van der Waals surface area contributed by atoms with Crippen molar-refractivity contribution in [1.82, 2.24) is 5.32 Å². The number of hydrogen-bond donors (Lipinski definition) is 2. The highest BCUT2D eigenvalue weighted by atomic mass is 79.9. The largest absolute Gasteiger partial charge is 0.493 e. The van der Waals surface area contributed by atoms with Crippen molar-refractivity contribution in [2.45, 2.75) is 6.54 Å². The minimum Gasteiger partial charge on any atom is -0.493 e. The summed E-state index contributed by atoms with van der Waals surface area (Å²) in [6.07, 6.45) is 1.68. The van der Waals surface area contributed by atoms with Crippen molar-refractivity contribution in [3.8, 4) is 11.5 Å². The lowest BCUT2D eigenvalue weighted by Gasteiger charge is -2.11. The van der Waals surface area contributed by atoms with E-state index in [1.54, 1.807) is 25.5 Å². The highest BCUT2D eigenvalue weighted by Crippen LogP contribution is 2.27. The summed E-state index contributed by atoms with van der Waals surface area (Å²) in [6, 6.07) is 22.8. The van der Waals surface area contributed by atoms with Gasteiger partial charge in [0.2, 0.25) is 0 Å². The predicted octanol–water partition coefficient (Wildman–Crippen LogP) is 4.60. The topological polar surface area (TPSA) is 71.9 Å². The van der Waals surface area contributed by atoms with Crippen LogP contribution in [-0.2, 0) is 11.3 Å². The Balaban J connectivity index is 1.52. The molecule has 30 heavy (non-hydrogen) atoms. The highest BCUT2D eigenvalue weighted by molar-refractivity contribution is 9.10. The summed E-state index contributed by atoms with van der Waals surface area (Å²) in [5.74, 6) is 0.814. The summed E-state index contributed by atoms with van der Waals surface area (Å²) in [6.45, 7) is 0.364. The monoisotopic (exact) mass is 467 g/mol. The maximum Gasteiger partial charge on any atom is 0.258 e. The molecule has 0 bridgehead atoms. The molecule has 0 unspecified atom stereocenters. The standard InChI is InChI=1S/C23H22BrN3O3/c1-29-22-13-18(15-26-27-20-10-8-19(24)9-11-20)7-12-21(22)30-16-23(28)25-14-17-5-3-2-4-6-17/h2-13,15,27H,14,16H2,1H3,(H,25,28). The summed E-state index contributed by atoms with van der Waals surface area (Å²) in [7, 11) is 1.55. The third-order valence-corrected chi connectivity index (χ3v) is 4.66. The molecule has 0 aliphatic carbocycles. The number of ether oxygens (including phenoxy) is 2. The Bertz CT molecular complexity index is 992. The van der Waals surface area contributed by atoms with Crippen molar-refractivity contribution in [3.05, 3.63) is 88.4 Å². The number of hydrogen-bond acceptors (Lipinski definition) is 5. The Hall–Kier alpha value is -3.32. The zero-order chi connectivity index (χ0) is 21.2. The van der Waals surface area contributed by atoms with E-state index in [9.17, 15) is 4.79 Å². The Morgan fingerprint density at radius 2 is 1.80 bits per heavy atom. The second-order valence-corrected chi connectivity index (χ2v) is 7.25. The van der Waals surface area contributed by atoms with Gasteiger partial charge in [-0.3, -0.25) is 10.2 Å². The number of nitrogens with one attached hydrogen (secondary N) is 2. The third kappa shape index (κ3) is 6.63. The van der Waals surface area contributed by atoms with Gasteiger partial charge in [-0.25, -0.2) is 0 Å². The van der Waals surface area contributed by atoms with E-state index in [0.717, 1.165) is 21.3 Å². The van der Waals surface area contributed by atoms with Gasteiger partial charge in [-0.05, 0) is 53.6 Å². The normalized spacial score (nSPS) is 10.6. The molecule has 0 atom stereocenters. The summed E-state index contributed by atoms with van der Waals surface area (Å²) < 4.78 is 12.0. The van der Waals surface area contributed by atoms with Crippen LogP contribution in [0.25, 0.3) is 0 Å². The van der Waals surface area contributed by atoms with Crippen molar-refractivity contribution in [3.63, 3.8) is 0 Å². The number of halogens is 1. The zero-order valence-electron chi connectivity index (χ0n) is 16.5. The van der Waals surface area contributed by atoms with Gasteiger partial charge in [-0.1, -0.05) is 46.3 Å². The average Bonchev–Trinajstić information content (AvgIpc) is 2.78. The van der Waals surface area contributed by atoms with Crippen LogP contribution < -0.4 is 20.2 Å². The van der Waals surface area contributed by atoms with Crippen LogP contribution in [0.4, 0.5) is 5.69 Å². The van der Waals surface area contributed by atoms with Crippen molar-refractivity contribution < 1.29 is 14.3 Å². The molecule has 0 saturated carbocycles. The number of rotatable bonds is 9. The van der Waals surface area contributed by atoms with Gasteiger partial charge in [0.1, 0.15) is 0 Å². The first kappa shape index (κ1) is 21.4. The smallest absolute Gasteiger partial charge is 0.258 e. The first-order chi connectivity index (χ1) is 14.6. The molecular formula is C23H22BrN3O3. The van der Waals surface area contributed by atoms with Gasteiger partial charge in [-0.2, -0.15) is 5.10 Å². The number of anilines is 1. The van der Waals surface area contributed by atoms with E-state index in [2.05, 4.69) is 31.8 Å². The van der Waals surface area contributed by atoms with Crippen molar-refractivity contribution in [2.75, 3.05) is 19.1 Å². The summed E-state index contributed by atoms with van der Waals surface area (Å²) in [4.78, 5) is 12.0. The predicted molar refractivity (Wildman–Crippen MR) is 122 cm³/mol.